The molecule has 0 saturated carbocycles. The molecule has 2 atom stereocenters. The van der Waals surface area contributed by atoms with Gasteiger partial charge in [-0.15, -0.1) is 0 Å². The highest BCUT2D eigenvalue weighted by atomic mass is 16.7. The first-order chi connectivity index (χ1) is 7.07. The standard InChI is InChI=1S/C12H18O3/c1-8(2)10-6-5-9(3)11(13)12(10)15-7-14-4/h5,10,12H,1,6-7H2,2-4H3. The number of carbonyl (C=O) groups is 1. The van der Waals surface area contributed by atoms with Crippen LogP contribution in [0.15, 0.2) is 23.8 Å². The van der Waals surface area contributed by atoms with Crippen molar-refractivity contribution in [2.45, 2.75) is 26.4 Å². The molecule has 0 aromatic carbocycles. The molecule has 0 amide bonds. The van der Waals surface area contributed by atoms with E-state index < -0.39 is 6.10 Å². The quantitative estimate of drug-likeness (QED) is 0.526. The Bertz CT molecular complexity index is 291. The molecule has 3 nitrogen and oxygen atoms in total. The third-order valence-electron chi connectivity index (χ3n) is 2.69. The van der Waals surface area contributed by atoms with Crippen molar-refractivity contribution < 1.29 is 14.3 Å². The fraction of sp³-hybridized carbons (Fsp3) is 0.583. The van der Waals surface area contributed by atoms with Crippen LogP contribution in [0.25, 0.3) is 0 Å². The Morgan fingerprint density at radius 3 is 2.87 bits per heavy atom. The van der Waals surface area contributed by atoms with Crippen LogP contribution in [0.2, 0.25) is 0 Å². The SMILES string of the molecule is C=C(C)C1CC=C(C)C(=O)C1OCOC. The van der Waals surface area contributed by atoms with E-state index in [9.17, 15) is 4.79 Å². The summed E-state index contributed by atoms with van der Waals surface area (Å²) in [5.41, 5.74) is 1.75. The first-order valence-electron chi connectivity index (χ1n) is 5.04. The topological polar surface area (TPSA) is 35.5 Å². The highest BCUT2D eigenvalue weighted by Crippen LogP contribution is 2.28. The Balaban J connectivity index is 2.79. The second-order valence-corrected chi connectivity index (χ2v) is 3.93. The van der Waals surface area contributed by atoms with E-state index >= 15 is 0 Å². The van der Waals surface area contributed by atoms with Crippen molar-refractivity contribution in [2.24, 2.45) is 5.92 Å². The van der Waals surface area contributed by atoms with Gasteiger partial charge >= 0.3 is 0 Å². The zero-order chi connectivity index (χ0) is 11.4. The van der Waals surface area contributed by atoms with Crippen molar-refractivity contribution in [1.29, 1.82) is 0 Å². The molecule has 0 heterocycles. The third kappa shape index (κ3) is 2.76. The molecule has 2 unspecified atom stereocenters. The van der Waals surface area contributed by atoms with Gasteiger partial charge < -0.3 is 9.47 Å². The smallest absolute Gasteiger partial charge is 0.187 e. The molecular formula is C12H18O3. The number of hydrogen-bond donors (Lipinski definition) is 0. The first-order valence-corrected chi connectivity index (χ1v) is 5.04. The molecule has 0 spiro atoms. The van der Waals surface area contributed by atoms with Gasteiger partial charge in [0.2, 0.25) is 0 Å². The van der Waals surface area contributed by atoms with Gasteiger partial charge in [-0.25, -0.2) is 0 Å². The zero-order valence-electron chi connectivity index (χ0n) is 9.58. The van der Waals surface area contributed by atoms with E-state index in [-0.39, 0.29) is 18.5 Å². The minimum Gasteiger partial charge on any atom is -0.359 e. The maximum absolute atomic E-state index is 11.9. The van der Waals surface area contributed by atoms with Gasteiger partial charge in [0.15, 0.2) is 5.78 Å². The second kappa shape index (κ2) is 5.24. The summed E-state index contributed by atoms with van der Waals surface area (Å²) in [5, 5.41) is 0. The maximum Gasteiger partial charge on any atom is 0.187 e. The normalized spacial score (nSPS) is 26.3. The monoisotopic (exact) mass is 210 g/mol. The molecular weight excluding hydrogens is 192 g/mol. The second-order valence-electron chi connectivity index (χ2n) is 3.93. The molecule has 1 rings (SSSR count). The Morgan fingerprint density at radius 1 is 1.67 bits per heavy atom. The first kappa shape index (κ1) is 12.1. The number of rotatable bonds is 4. The molecule has 0 aromatic heterocycles. The van der Waals surface area contributed by atoms with E-state index in [1.54, 1.807) is 7.11 Å². The summed E-state index contributed by atoms with van der Waals surface area (Å²) >= 11 is 0. The van der Waals surface area contributed by atoms with E-state index in [2.05, 4.69) is 6.58 Å². The molecule has 1 aliphatic rings. The Labute approximate surface area is 90.8 Å². The number of methoxy groups -OCH3 is 1. The number of ether oxygens (including phenoxy) is 2. The van der Waals surface area contributed by atoms with E-state index in [1.807, 2.05) is 19.9 Å². The van der Waals surface area contributed by atoms with E-state index in [0.29, 0.717) is 0 Å². The van der Waals surface area contributed by atoms with Crippen molar-refractivity contribution in [3.05, 3.63) is 23.8 Å². The summed E-state index contributed by atoms with van der Waals surface area (Å²) in [6.45, 7) is 7.79. The minimum absolute atomic E-state index is 0.0475. The molecule has 0 fully saturated rings. The predicted molar refractivity (Wildman–Crippen MR) is 58.4 cm³/mol. The zero-order valence-corrected chi connectivity index (χ0v) is 9.58. The summed E-state index contributed by atoms with van der Waals surface area (Å²) in [6, 6.07) is 0. The Kier molecular flexibility index (Phi) is 4.24. The molecule has 1 aliphatic carbocycles. The van der Waals surface area contributed by atoms with Crippen LogP contribution in [0, 0.1) is 5.92 Å². The number of Topliss-reactive ketones (excluding diaryl/α,β-unsaturated/α-hetero) is 1. The van der Waals surface area contributed by atoms with Crippen LogP contribution >= 0.6 is 0 Å². The Hall–Kier alpha value is -0.930. The van der Waals surface area contributed by atoms with Gasteiger partial charge in [0, 0.05) is 13.0 Å². The highest BCUT2D eigenvalue weighted by molar-refractivity contribution is 5.99. The number of carbonyl (C=O) groups excluding carboxylic acids is 1. The third-order valence-corrected chi connectivity index (χ3v) is 2.69. The summed E-state index contributed by atoms with van der Waals surface area (Å²) in [7, 11) is 1.55. The average Bonchev–Trinajstić information content (AvgIpc) is 2.19. The molecule has 0 aromatic rings. The van der Waals surface area contributed by atoms with Crippen LogP contribution in [0.5, 0.6) is 0 Å². The number of allylic oxidation sites excluding steroid dienone is 1. The van der Waals surface area contributed by atoms with Crippen LogP contribution in [-0.2, 0) is 14.3 Å². The molecule has 0 N–H and O–H groups in total. The lowest BCUT2D eigenvalue weighted by Gasteiger charge is -2.29. The summed E-state index contributed by atoms with van der Waals surface area (Å²) in [5.74, 6) is 0.127. The van der Waals surface area contributed by atoms with Crippen molar-refractivity contribution in [2.75, 3.05) is 13.9 Å². The van der Waals surface area contributed by atoms with Crippen LogP contribution < -0.4 is 0 Å². The largest absolute Gasteiger partial charge is 0.359 e. The van der Waals surface area contributed by atoms with Crippen molar-refractivity contribution in [3.8, 4) is 0 Å². The summed E-state index contributed by atoms with van der Waals surface area (Å²) < 4.78 is 10.2. The van der Waals surface area contributed by atoms with Gasteiger partial charge in [0.05, 0.1) is 0 Å². The summed E-state index contributed by atoms with van der Waals surface area (Å²) in [4.78, 5) is 11.9. The van der Waals surface area contributed by atoms with E-state index in [0.717, 1.165) is 17.6 Å². The summed E-state index contributed by atoms with van der Waals surface area (Å²) in [6.07, 6.45) is 2.35. The average molecular weight is 210 g/mol. The van der Waals surface area contributed by atoms with Gasteiger partial charge in [-0.05, 0) is 25.8 Å². The maximum atomic E-state index is 11.9. The van der Waals surface area contributed by atoms with Crippen molar-refractivity contribution in [3.63, 3.8) is 0 Å². The van der Waals surface area contributed by atoms with Crippen LogP contribution in [0.3, 0.4) is 0 Å². The molecule has 3 heteroatoms. The fourth-order valence-corrected chi connectivity index (χ4v) is 1.73. The minimum atomic E-state index is -0.424. The molecule has 84 valence electrons. The highest BCUT2D eigenvalue weighted by Gasteiger charge is 2.33. The fourth-order valence-electron chi connectivity index (χ4n) is 1.73. The van der Waals surface area contributed by atoms with Crippen LogP contribution in [0.1, 0.15) is 20.3 Å². The van der Waals surface area contributed by atoms with Crippen molar-refractivity contribution in [1.82, 2.24) is 0 Å². The van der Waals surface area contributed by atoms with Crippen LogP contribution in [0.4, 0.5) is 0 Å². The van der Waals surface area contributed by atoms with Gasteiger partial charge in [0.1, 0.15) is 12.9 Å². The molecule has 0 bridgehead atoms. The molecule has 0 radical (unpaired) electrons. The lowest BCUT2D eigenvalue weighted by Crippen LogP contribution is -2.36. The number of ketones is 1. The van der Waals surface area contributed by atoms with E-state index in [1.165, 1.54) is 0 Å². The van der Waals surface area contributed by atoms with E-state index in [4.69, 9.17) is 9.47 Å². The number of hydrogen-bond acceptors (Lipinski definition) is 3. The van der Waals surface area contributed by atoms with Crippen LogP contribution in [-0.4, -0.2) is 25.8 Å². The van der Waals surface area contributed by atoms with Gasteiger partial charge in [0.25, 0.3) is 0 Å². The molecule has 15 heavy (non-hydrogen) atoms. The van der Waals surface area contributed by atoms with Crippen molar-refractivity contribution >= 4 is 5.78 Å². The van der Waals surface area contributed by atoms with Gasteiger partial charge in [-0.3, -0.25) is 4.79 Å². The molecule has 0 aliphatic heterocycles. The molecule has 0 saturated heterocycles. The Morgan fingerprint density at radius 2 is 2.33 bits per heavy atom. The van der Waals surface area contributed by atoms with Gasteiger partial charge in [-0.2, -0.15) is 0 Å². The lowest BCUT2D eigenvalue weighted by atomic mass is 9.82. The van der Waals surface area contributed by atoms with Gasteiger partial charge in [-0.1, -0.05) is 18.2 Å². The predicted octanol–water partition coefficient (Wildman–Crippen LogP) is 2.09. The lowest BCUT2D eigenvalue weighted by molar-refractivity contribution is -0.141.